The van der Waals surface area contributed by atoms with Gasteiger partial charge in [0.05, 0.1) is 24.4 Å². The van der Waals surface area contributed by atoms with Crippen molar-refractivity contribution in [1.82, 2.24) is 4.90 Å². The first kappa shape index (κ1) is 12.2. The van der Waals surface area contributed by atoms with Crippen LogP contribution in [0.2, 0.25) is 0 Å². The van der Waals surface area contributed by atoms with Crippen LogP contribution in [-0.4, -0.2) is 30.4 Å². The molecule has 0 unspecified atom stereocenters. The van der Waals surface area contributed by atoms with Gasteiger partial charge in [0, 0.05) is 30.9 Å². The number of nitrogens with zero attached hydrogens (tertiary/aromatic N) is 2. The van der Waals surface area contributed by atoms with Gasteiger partial charge < -0.3 is 9.32 Å². The predicted octanol–water partition coefficient (Wildman–Crippen LogP) is 2.44. The normalized spacial score (nSPS) is 26.4. The Hall–Kier alpha value is -1.59. The molecule has 2 saturated heterocycles. The van der Waals surface area contributed by atoms with E-state index in [1.54, 1.807) is 17.6 Å². The van der Waals surface area contributed by atoms with Crippen molar-refractivity contribution in [2.24, 2.45) is 11.8 Å². The fourth-order valence-corrected chi connectivity index (χ4v) is 3.99. The number of likely N-dealkylation sites (tertiary alicyclic amines) is 1. The number of amides is 1. The van der Waals surface area contributed by atoms with Crippen LogP contribution in [0.15, 0.2) is 39.6 Å². The lowest BCUT2D eigenvalue weighted by Gasteiger charge is -2.20. The number of furan rings is 1. The maximum Gasteiger partial charge on any atom is 0.231 e. The van der Waals surface area contributed by atoms with Crippen molar-refractivity contribution >= 4 is 22.9 Å². The number of hydrogen-bond acceptors (Lipinski definition) is 4. The fraction of sp³-hybridized carbons (Fsp3) is 0.400. The molecule has 2 aromatic heterocycles. The maximum atomic E-state index is 12.5. The summed E-state index contributed by atoms with van der Waals surface area (Å²) < 4.78 is 5.39. The summed E-state index contributed by atoms with van der Waals surface area (Å²) in [6.07, 6.45) is 1.70. The zero-order valence-electron chi connectivity index (χ0n) is 11.1. The van der Waals surface area contributed by atoms with Gasteiger partial charge in [0.1, 0.15) is 5.76 Å². The highest BCUT2D eigenvalue weighted by Gasteiger charge is 2.46. The van der Waals surface area contributed by atoms with Gasteiger partial charge in [0.25, 0.3) is 0 Å². The molecule has 2 aliphatic rings. The lowest BCUT2D eigenvalue weighted by atomic mass is 10.0. The predicted molar refractivity (Wildman–Crippen MR) is 77.6 cm³/mol. The molecule has 0 spiro atoms. The summed E-state index contributed by atoms with van der Waals surface area (Å²) in [5.74, 6) is 1.88. The number of rotatable bonds is 3. The minimum absolute atomic E-state index is 0.157. The number of thiophene rings is 1. The number of hydrogen-bond donors (Lipinski definition) is 0. The molecule has 0 N–H and O–H groups in total. The van der Waals surface area contributed by atoms with E-state index in [1.807, 2.05) is 28.5 Å². The van der Waals surface area contributed by atoms with Crippen molar-refractivity contribution in [3.8, 4) is 0 Å². The number of anilines is 1. The first-order valence-corrected chi connectivity index (χ1v) is 7.84. The van der Waals surface area contributed by atoms with Gasteiger partial charge in [0.2, 0.25) is 5.91 Å². The monoisotopic (exact) mass is 288 g/mol. The molecule has 0 radical (unpaired) electrons. The Kier molecular flexibility index (Phi) is 2.89. The van der Waals surface area contributed by atoms with Gasteiger partial charge in [-0.15, -0.1) is 0 Å². The highest BCUT2D eigenvalue weighted by molar-refractivity contribution is 7.08. The Morgan fingerprint density at radius 2 is 2.25 bits per heavy atom. The Morgan fingerprint density at radius 1 is 1.30 bits per heavy atom. The second-order valence-electron chi connectivity index (χ2n) is 5.57. The van der Waals surface area contributed by atoms with Crippen LogP contribution in [0, 0.1) is 11.8 Å². The molecule has 0 bridgehead atoms. The Balaban J connectivity index is 1.45. The largest absolute Gasteiger partial charge is 0.468 e. The van der Waals surface area contributed by atoms with Crippen molar-refractivity contribution in [2.75, 3.05) is 24.5 Å². The average Bonchev–Trinajstić information content (AvgIpc) is 3.17. The fourth-order valence-electron chi connectivity index (χ4n) is 3.35. The maximum absolute atomic E-state index is 12.5. The van der Waals surface area contributed by atoms with E-state index in [0.29, 0.717) is 5.92 Å². The van der Waals surface area contributed by atoms with E-state index in [0.717, 1.165) is 37.6 Å². The van der Waals surface area contributed by atoms with Crippen LogP contribution in [-0.2, 0) is 11.3 Å². The van der Waals surface area contributed by atoms with Gasteiger partial charge in [0.15, 0.2) is 0 Å². The van der Waals surface area contributed by atoms with Crippen LogP contribution in [0.3, 0.4) is 0 Å². The summed E-state index contributed by atoms with van der Waals surface area (Å²) in [5.41, 5.74) is 1.06. The molecular weight excluding hydrogens is 272 g/mol. The van der Waals surface area contributed by atoms with Gasteiger partial charge in [-0.2, -0.15) is 11.3 Å². The topological polar surface area (TPSA) is 36.7 Å². The van der Waals surface area contributed by atoms with Gasteiger partial charge in [-0.05, 0) is 23.6 Å². The number of carbonyl (C=O) groups is 1. The van der Waals surface area contributed by atoms with Crippen LogP contribution < -0.4 is 4.90 Å². The minimum atomic E-state index is 0.157. The van der Waals surface area contributed by atoms with E-state index >= 15 is 0 Å². The standard InChI is InChI=1S/C15H16N2O2S/c18-15-14-9-16(8-13-2-1-4-19-13)6-11(14)7-17(15)12-3-5-20-10-12/h1-5,10-11,14H,6-9H2/t11-,14-/m0/s1. The first-order valence-electron chi connectivity index (χ1n) is 6.89. The summed E-state index contributed by atoms with van der Waals surface area (Å²) in [5, 5.41) is 4.08. The molecular formula is C15H16N2O2S. The summed E-state index contributed by atoms with van der Waals surface area (Å²) in [7, 11) is 0. The molecule has 5 heteroatoms. The number of fused-ring (bicyclic) bond motifs is 1. The Bertz CT molecular complexity index is 593. The molecule has 0 aliphatic carbocycles. The van der Waals surface area contributed by atoms with Crippen molar-refractivity contribution in [1.29, 1.82) is 0 Å². The summed E-state index contributed by atoms with van der Waals surface area (Å²) in [6, 6.07) is 5.94. The van der Waals surface area contributed by atoms with E-state index < -0.39 is 0 Å². The zero-order valence-corrected chi connectivity index (χ0v) is 11.9. The molecule has 2 atom stereocenters. The van der Waals surface area contributed by atoms with Crippen LogP contribution in [0.5, 0.6) is 0 Å². The molecule has 4 nitrogen and oxygen atoms in total. The lowest BCUT2D eigenvalue weighted by Crippen LogP contribution is -2.32. The molecule has 4 heterocycles. The lowest BCUT2D eigenvalue weighted by molar-refractivity contribution is -0.120. The highest BCUT2D eigenvalue weighted by Crippen LogP contribution is 2.36. The molecule has 2 aromatic rings. The van der Waals surface area contributed by atoms with Crippen LogP contribution in [0.4, 0.5) is 5.69 Å². The zero-order chi connectivity index (χ0) is 13.5. The van der Waals surface area contributed by atoms with Gasteiger partial charge in [-0.25, -0.2) is 0 Å². The smallest absolute Gasteiger partial charge is 0.231 e. The Morgan fingerprint density at radius 3 is 2.95 bits per heavy atom. The average molecular weight is 288 g/mol. The molecule has 104 valence electrons. The van der Waals surface area contributed by atoms with Crippen molar-refractivity contribution in [3.05, 3.63) is 41.0 Å². The first-order chi connectivity index (χ1) is 9.81. The third-order valence-electron chi connectivity index (χ3n) is 4.29. The molecule has 1 amide bonds. The van der Waals surface area contributed by atoms with E-state index in [1.165, 1.54) is 0 Å². The summed E-state index contributed by atoms with van der Waals surface area (Å²) >= 11 is 1.64. The van der Waals surface area contributed by atoms with E-state index in [2.05, 4.69) is 10.3 Å². The SMILES string of the molecule is O=C1[C@H]2CN(Cc3ccco3)C[C@H]2CN1c1ccsc1. The summed E-state index contributed by atoms with van der Waals surface area (Å²) in [4.78, 5) is 16.8. The van der Waals surface area contributed by atoms with E-state index in [9.17, 15) is 4.79 Å². The van der Waals surface area contributed by atoms with E-state index in [-0.39, 0.29) is 11.8 Å². The molecule has 0 aromatic carbocycles. The van der Waals surface area contributed by atoms with Crippen molar-refractivity contribution < 1.29 is 9.21 Å². The third kappa shape index (κ3) is 1.98. The van der Waals surface area contributed by atoms with Gasteiger partial charge in [-0.3, -0.25) is 9.69 Å². The molecule has 20 heavy (non-hydrogen) atoms. The number of carbonyl (C=O) groups excluding carboxylic acids is 1. The second kappa shape index (κ2) is 4.75. The molecule has 0 saturated carbocycles. The van der Waals surface area contributed by atoms with Crippen LogP contribution in [0.25, 0.3) is 0 Å². The molecule has 2 fully saturated rings. The molecule has 4 rings (SSSR count). The minimum Gasteiger partial charge on any atom is -0.468 e. The quantitative estimate of drug-likeness (QED) is 0.870. The molecule has 2 aliphatic heterocycles. The van der Waals surface area contributed by atoms with Crippen molar-refractivity contribution in [2.45, 2.75) is 6.54 Å². The van der Waals surface area contributed by atoms with Gasteiger partial charge >= 0.3 is 0 Å². The summed E-state index contributed by atoms with van der Waals surface area (Å²) in [6.45, 7) is 3.50. The van der Waals surface area contributed by atoms with Gasteiger partial charge in [-0.1, -0.05) is 0 Å². The van der Waals surface area contributed by atoms with Crippen LogP contribution in [0.1, 0.15) is 5.76 Å². The van der Waals surface area contributed by atoms with Crippen molar-refractivity contribution in [3.63, 3.8) is 0 Å². The second-order valence-corrected chi connectivity index (χ2v) is 6.35. The van der Waals surface area contributed by atoms with E-state index in [4.69, 9.17) is 4.42 Å². The third-order valence-corrected chi connectivity index (χ3v) is 4.97. The highest BCUT2D eigenvalue weighted by atomic mass is 32.1. The Labute approximate surface area is 121 Å². The van der Waals surface area contributed by atoms with Crippen LogP contribution >= 0.6 is 11.3 Å².